The number of esters is 1. The minimum Gasteiger partial charge on any atom is -0.458 e. The number of ether oxygens (including phenoxy) is 3. The van der Waals surface area contributed by atoms with Crippen LogP contribution in [0.25, 0.3) is 0 Å². The van der Waals surface area contributed by atoms with Crippen LogP contribution in [0.2, 0.25) is 0 Å². The molecule has 0 aromatic rings. The fourth-order valence-electron chi connectivity index (χ4n) is 10.1. The van der Waals surface area contributed by atoms with E-state index in [1.165, 1.54) is 13.0 Å². The molecule has 0 spiro atoms. The zero-order valence-electron chi connectivity index (χ0n) is 23.5. The monoisotopic (exact) mass is 584 g/mol. The molecule has 6 aliphatic rings. The van der Waals surface area contributed by atoms with E-state index in [0.29, 0.717) is 19.3 Å². The van der Waals surface area contributed by atoms with Gasteiger partial charge in [-0.05, 0) is 56.4 Å². The van der Waals surface area contributed by atoms with Gasteiger partial charge in [-0.15, -0.1) is 0 Å². The van der Waals surface area contributed by atoms with Crippen LogP contribution in [0.5, 0.6) is 0 Å². The van der Waals surface area contributed by atoms with Gasteiger partial charge in [0.25, 0.3) is 0 Å². The highest BCUT2D eigenvalue weighted by atomic mass is 16.7. The van der Waals surface area contributed by atoms with Gasteiger partial charge >= 0.3 is 5.97 Å². The summed E-state index contributed by atoms with van der Waals surface area (Å²) in [5.41, 5.74) is -4.46. The van der Waals surface area contributed by atoms with Crippen LogP contribution in [0, 0.1) is 28.6 Å². The summed E-state index contributed by atoms with van der Waals surface area (Å²) < 4.78 is 16.7. The maximum atomic E-state index is 12.4. The van der Waals surface area contributed by atoms with Crippen LogP contribution in [0.1, 0.15) is 58.8 Å². The molecule has 12 nitrogen and oxygen atoms in total. The summed E-state index contributed by atoms with van der Waals surface area (Å²) in [5, 5.41) is 89.6. The van der Waals surface area contributed by atoms with Gasteiger partial charge in [-0.1, -0.05) is 6.92 Å². The molecule has 2 aliphatic heterocycles. The summed E-state index contributed by atoms with van der Waals surface area (Å²) >= 11 is 0. The molecule has 0 bridgehead atoms. The molecular formula is C29H44O12. The van der Waals surface area contributed by atoms with Gasteiger partial charge in [0.2, 0.25) is 0 Å². The Labute approximate surface area is 238 Å². The second kappa shape index (κ2) is 9.91. The molecule has 12 heteroatoms. The van der Waals surface area contributed by atoms with E-state index in [1.54, 1.807) is 0 Å². The van der Waals surface area contributed by atoms with E-state index in [9.17, 15) is 45.6 Å². The molecule has 15 atom stereocenters. The number of rotatable bonds is 4. The zero-order valence-corrected chi connectivity index (χ0v) is 23.5. The van der Waals surface area contributed by atoms with E-state index in [0.717, 1.165) is 5.57 Å². The molecule has 4 unspecified atom stereocenters. The highest BCUT2D eigenvalue weighted by Gasteiger charge is 2.75. The Kier molecular flexibility index (Phi) is 7.22. The van der Waals surface area contributed by atoms with Crippen molar-refractivity contribution in [3.63, 3.8) is 0 Å². The van der Waals surface area contributed by atoms with E-state index in [2.05, 4.69) is 0 Å². The third-order valence-corrected chi connectivity index (χ3v) is 12.2. The number of fused-ring (bicyclic) bond motifs is 5. The van der Waals surface area contributed by atoms with Crippen LogP contribution in [0.15, 0.2) is 11.6 Å². The molecule has 1 saturated heterocycles. The van der Waals surface area contributed by atoms with Gasteiger partial charge < -0.3 is 55.1 Å². The van der Waals surface area contributed by atoms with Gasteiger partial charge in [0.15, 0.2) is 6.29 Å². The third kappa shape index (κ3) is 3.99. The lowest BCUT2D eigenvalue weighted by Gasteiger charge is -2.68. The molecule has 41 heavy (non-hydrogen) atoms. The molecule has 8 N–H and O–H groups in total. The molecule has 2 heterocycles. The number of hydrogen-bond donors (Lipinski definition) is 8. The van der Waals surface area contributed by atoms with Crippen LogP contribution in [-0.2, 0) is 19.0 Å². The van der Waals surface area contributed by atoms with Crippen molar-refractivity contribution in [3.05, 3.63) is 11.6 Å². The maximum Gasteiger partial charge on any atom is 0.331 e. The van der Waals surface area contributed by atoms with Crippen molar-refractivity contribution in [2.45, 2.75) is 119 Å². The smallest absolute Gasteiger partial charge is 0.331 e. The maximum absolute atomic E-state index is 12.4. The van der Waals surface area contributed by atoms with E-state index in [4.69, 9.17) is 14.2 Å². The molecule has 0 aromatic carbocycles. The predicted molar refractivity (Wildman–Crippen MR) is 139 cm³/mol. The van der Waals surface area contributed by atoms with E-state index in [1.807, 2.05) is 6.92 Å². The number of aliphatic hydroxyl groups excluding tert-OH is 6. The van der Waals surface area contributed by atoms with Gasteiger partial charge in [-0.3, -0.25) is 0 Å². The molecule has 232 valence electrons. The largest absolute Gasteiger partial charge is 0.458 e. The normalized spacial score (nSPS) is 56.9. The minimum absolute atomic E-state index is 0.0369. The fourth-order valence-corrected chi connectivity index (χ4v) is 10.1. The number of hydrogen-bond acceptors (Lipinski definition) is 12. The van der Waals surface area contributed by atoms with Crippen molar-refractivity contribution in [1.29, 1.82) is 0 Å². The molecule has 4 saturated carbocycles. The first-order valence-corrected chi connectivity index (χ1v) is 14.9. The summed E-state index contributed by atoms with van der Waals surface area (Å²) in [6, 6.07) is 0. The van der Waals surface area contributed by atoms with Crippen LogP contribution in [0.4, 0.5) is 0 Å². The average molecular weight is 585 g/mol. The number of cyclic esters (lactones) is 1. The van der Waals surface area contributed by atoms with E-state index >= 15 is 0 Å². The Morgan fingerprint density at radius 1 is 1.02 bits per heavy atom. The highest BCUT2D eigenvalue weighted by molar-refractivity contribution is 5.85. The van der Waals surface area contributed by atoms with Gasteiger partial charge in [-0.2, -0.15) is 0 Å². The molecule has 0 amide bonds. The van der Waals surface area contributed by atoms with Crippen molar-refractivity contribution >= 4 is 5.97 Å². The van der Waals surface area contributed by atoms with Crippen molar-refractivity contribution in [2.75, 3.05) is 13.2 Å². The van der Waals surface area contributed by atoms with Gasteiger partial charge in [0.1, 0.15) is 24.9 Å². The molecule has 0 radical (unpaired) electrons. The van der Waals surface area contributed by atoms with E-state index in [-0.39, 0.29) is 38.2 Å². The molecule has 6 rings (SSSR count). The molecule has 5 fully saturated rings. The summed E-state index contributed by atoms with van der Waals surface area (Å²) in [6.07, 6.45) is -6.68. The number of carbonyl (C=O) groups is 1. The Balaban J connectivity index is 1.28. The lowest BCUT2D eigenvalue weighted by molar-refractivity contribution is -0.342. The Bertz CT molecular complexity index is 1080. The van der Waals surface area contributed by atoms with Gasteiger partial charge in [-0.25, -0.2) is 4.79 Å². The first-order chi connectivity index (χ1) is 19.2. The van der Waals surface area contributed by atoms with Crippen molar-refractivity contribution in [2.24, 2.45) is 28.6 Å². The van der Waals surface area contributed by atoms with E-state index < -0.39 is 95.5 Å². The van der Waals surface area contributed by atoms with Crippen molar-refractivity contribution in [1.82, 2.24) is 0 Å². The lowest BCUT2D eigenvalue weighted by Crippen LogP contribution is -2.76. The topological polar surface area (TPSA) is 207 Å². The molecular weight excluding hydrogens is 540 g/mol. The average Bonchev–Trinajstić information content (AvgIpc) is 3.45. The Morgan fingerprint density at radius 2 is 1.76 bits per heavy atom. The first kappa shape index (κ1) is 29.9. The quantitative estimate of drug-likeness (QED) is 0.140. The lowest BCUT2D eigenvalue weighted by atomic mass is 9.40. The van der Waals surface area contributed by atoms with Crippen molar-refractivity contribution in [3.8, 4) is 0 Å². The number of aliphatic hydroxyl groups is 8. The first-order valence-electron chi connectivity index (χ1n) is 14.9. The summed E-state index contributed by atoms with van der Waals surface area (Å²) in [7, 11) is 0. The predicted octanol–water partition coefficient (Wildman–Crippen LogP) is -1.51. The van der Waals surface area contributed by atoms with Crippen LogP contribution >= 0.6 is 0 Å². The standard InChI is InChI=1S/C29H44O12/c1-13-22(34)23(35)24(36)25(40-13)41-15-8-19(32)28(12-30)21-17(3-5-27(28,37)9-15)29(38)6-4-16(14-7-20(33)39-11-14)26(29,2)10-18(21)31/h7,13,15-19,21-25,30-32,34-38H,3-6,8-12H2,1-2H3/t13?,15?,16?,17-,18-,19-,21-,22+,23+,24?,25+,26-,27+,28-,29+/m1/s1. The molecule has 4 aliphatic carbocycles. The SMILES string of the molecule is CC1O[C@@H](OC2C[C@@H](O)[C@]3(CO)[C@H]4[C@H](O)C[C@]5(C)C(C6=CC(=O)OC6)CC[C@]5(O)[C@@H]4CC[C@]3(O)C2)C(O)[C@@H](O)[C@H]1O. The van der Waals surface area contributed by atoms with Crippen molar-refractivity contribution < 1.29 is 59.9 Å². The van der Waals surface area contributed by atoms with Crippen LogP contribution in [-0.4, -0.2) is 120 Å². The Morgan fingerprint density at radius 3 is 2.41 bits per heavy atom. The summed E-state index contributed by atoms with van der Waals surface area (Å²) in [4.78, 5) is 11.8. The van der Waals surface area contributed by atoms with Crippen LogP contribution in [0.3, 0.4) is 0 Å². The highest BCUT2D eigenvalue weighted by Crippen LogP contribution is 2.70. The second-order valence-corrected chi connectivity index (χ2v) is 13.8. The fraction of sp³-hybridized carbons (Fsp3) is 0.897. The van der Waals surface area contributed by atoms with Crippen LogP contribution < -0.4 is 0 Å². The third-order valence-electron chi connectivity index (χ3n) is 12.2. The Hall–Kier alpha value is -1.19. The number of carbonyl (C=O) groups excluding carboxylic acids is 1. The molecule has 0 aromatic heterocycles. The van der Waals surface area contributed by atoms with Gasteiger partial charge in [0, 0.05) is 30.3 Å². The zero-order chi connectivity index (χ0) is 29.7. The minimum atomic E-state index is -1.67. The summed E-state index contributed by atoms with van der Waals surface area (Å²) in [5.74, 6) is -1.93. The van der Waals surface area contributed by atoms with Gasteiger partial charge in [0.05, 0.1) is 47.6 Å². The summed E-state index contributed by atoms with van der Waals surface area (Å²) in [6.45, 7) is 3.00. The second-order valence-electron chi connectivity index (χ2n) is 13.8.